The Balaban J connectivity index is 1.90. The fraction of sp³-hybridized carbons (Fsp3) is 0.333. The van der Waals surface area contributed by atoms with E-state index in [1.54, 1.807) is 6.07 Å². The molecule has 1 aromatic carbocycles. The lowest BCUT2D eigenvalue weighted by atomic mass is 10.1. The van der Waals surface area contributed by atoms with Crippen LogP contribution in [0.15, 0.2) is 24.3 Å². The normalized spacial score (nSPS) is 19.3. The van der Waals surface area contributed by atoms with Crippen LogP contribution in [-0.4, -0.2) is 27.7 Å². The molecule has 0 spiro atoms. The Morgan fingerprint density at radius 2 is 2.00 bits per heavy atom. The Labute approximate surface area is 156 Å². The van der Waals surface area contributed by atoms with Crippen molar-refractivity contribution in [1.29, 1.82) is 0 Å². The van der Waals surface area contributed by atoms with E-state index in [0.717, 1.165) is 19.3 Å². The molecule has 5 nitrogen and oxygen atoms in total. The molecule has 0 aliphatic heterocycles. The topological polar surface area (TPSA) is 84.1 Å². The molecule has 0 radical (unpaired) electrons. The molecule has 2 atom stereocenters. The number of hydrogen-bond donors (Lipinski definition) is 3. The molecular formula is C18H18Cl2N4O. The SMILES string of the molecule is Nc1nc(Cl)c(C#Cc2ccccc2Cl)c(NC2CCC(CO)C2)n1. The maximum absolute atomic E-state index is 9.30. The highest BCUT2D eigenvalue weighted by molar-refractivity contribution is 6.32. The maximum atomic E-state index is 9.30. The maximum Gasteiger partial charge on any atom is 0.223 e. The lowest BCUT2D eigenvalue weighted by Gasteiger charge is -2.15. The number of hydrogen-bond acceptors (Lipinski definition) is 5. The molecule has 130 valence electrons. The average molecular weight is 377 g/mol. The zero-order chi connectivity index (χ0) is 17.8. The van der Waals surface area contributed by atoms with E-state index < -0.39 is 0 Å². The standard InChI is InChI=1S/C18H18Cl2N4O/c19-15-4-2-1-3-12(15)6-8-14-16(20)23-18(21)24-17(14)22-13-7-5-11(9-13)10-25/h1-4,11,13,25H,5,7,9-10H2,(H3,21,22,23,24). The number of rotatable bonds is 3. The minimum Gasteiger partial charge on any atom is -0.396 e. The van der Waals surface area contributed by atoms with Gasteiger partial charge in [0.25, 0.3) is 0 Å². The third-order valence-electron chi connectivity index (χ3n) is 4.22. The number of halogens is 2. The number of anilines is 2. The van der Waals surface area contributed by atoms with Crippen LogP contribution >= 0.6 is 23.2 Å². The largest absolute Gasteiger partial charge is 0.396 e. The fourth-order valence-electron chi connectivity index (χ4n) is 2.92. The predicted octanol–water partition coefficient (Wildman–Crippen LogP) is 3.34. The lowest BCUT2D eigenvalue weighted by molar-refractivity contribution is 0.229. The van der Waals surface area contributed by atoms with E-state index in [1.165, 1.54) is 0 Å². The van der Waals surface area contributed by atoms with E-state index in [2.05, 4.69) is 27.1 Å². The molecule has 1 heterocycles. The summed E-state index contributed by atoms with van der Waals surface area (Å²) in [6.07, 6.45) is 2.79. The van der Waals surface area contributed by atoms with Gasteiger partial charge in [0.05, 0.1) is 5.02 Å². The van der Waals surface area contributed by atoms with Gasteiger partial charge in [-0.1, -0.05) is 47.2 Å². The molecule has 25 heavy (non-hydrogen) atoms. The van der Waals surface area contributed by atoms with Gasteiger partial charge in [0, 0.05) is 18.2 Å². The van der Waals surface area contributed by atoms with Crippen LogP contribution in [0.4, 0.5) is 11.8 Å². The van der Waals surface area contributed by atoms with Gasteiger partial charge in [0.15, 0.2) is 5.15 Å². The van der Waals surface area contributed by atoms with Gasteiger partial charge in [-0.3, -0.25) is 0 Å². The Hall–Kier alpha value is -2.00. The molecule has 1 aromatic heterocycles. The summed E-state index contributed by atoms with van der Waals surface area (Å²) in [6, 6.07) is 7.51. The van der Waals surface area contributed by atoms with Gasteiger partial charge >= 0.3 is 0 Å². The second-order valence-corrected chi connectivity index (χ2v) is 6.79. The summed E-state index contributed by atoms with van der Waals surface area (Å²) in [4.78, 5) is 8.25. The first kappa shape index (κ1) is 17.8. The second-order valence-electron chi connectivity index (χ2n) is 6.03. The van der Waals surface area contributed by atoms with Gasteiger partial charge in [0.1, 0.15) is 11.4 Å². The van der Waals surface area contributed by atoms with Gasteiger partial charge in [-0.2, -0.15) is 9.97 Å². The third-order valence-corrected chi connectivity index (χ3v) is 4.82. The van der Waals surface area contributed by atoms with E-state index in [1.807, 2.05) is 18.2 Å². The zero-order valence-electron chi connectivity index (χ0n) is 13.5. The summed E-state index contributed by atoms with van der Waals surface area (Å²) in [5.41, 5.74) is 6.92. The Morgan fingerprint density at radius 1 is 1.20 bits per heavy atom. The van der Waals surface area contributed by atoms with Crippen LogP contribution in [0.5, 0.6) is 0 Å². The molecular weight excluding hydrogens is 359 g/mol. The predicted molar refractivity (Wildman–Crippen MR) is 101 cm³/mol. The number of aliphatic hydroxyl groups excluding tert-OH is 1. The highest BCUT2D eigenvalue weighted by Crippen LogP contribution is 2.29. The van der Waals surface area contributed by atoms with Crippen LogP contribution in [0.2, 0.25) is 10.2 Å². The van der Waals surface area contributed by atoms with Crippen molar-refractivity contribution in [3.05, 3.63) is 45.6 Å². The molecule has 1 aliphatic carbocycles. The molecule has 0 amide bonds. The molecule has 0 bridgehead atoms. The third kappa shape index (κ3) is 4.35. The zero-order valence-corrected chi connectivity index (χ0v) is 15.0. The molecule has 1 saturated carbocycles. The van der Waals surface area contributed by atoms with Gasteiger partial charge in [-0.25, -0.2) is 0 Å². The van der Waals surface area contributed by atoms with Crippen LogP contribution in [-0.2, 0) is 0 Å². The number of nitrogen functional groups attached to an aromatic ring is 1. The van der Waals surface area contributed by atoms with Crippen molar-refractivity contribution < 1.29 is 5.11 Å². The molecule has 2 unspecified atom stereocenters. The molecule has 2 aromatic rings. The molecule has 7 heteroatoms. The van der Waals surface area contributed by atoms with Crippen molar-refractivity contribution in [2.75, 3.05) is 17.7 Å². The van der Waals surface area contributed by atoms with Crippen LogP contribution in [0.1, 0.15) is 30.4 Å². The first-order chi connectivity index (χ1) is 12.1. The molecule has 0 saturated heterocycles. The summed E-state index contributed by atoms with van der Waals surface area (Å²) in [5, 5.41) is 13.4. The van der Waals surface area contributed by atoms with Gasteiger partial charge in [-0.05, 0) is 37.3 Å². The van der Waals surface area contributed by atoms with Crippen molar-refractivity contribution in [2.24, 2.45) is 5.92 Å². The summed E-state index contributed by atoms with van der Waals surface area (Å²) >= 11 is 12.4. The average Bonchev–Trinajstić information content (AvgIpc) is 3.03. The molecule has 3 rings (SSSR count). The highest BCUT2D eigenvalue weighted by atomic mass is 35.5. The molecule has 1 fully saturated rings. The summed E-state index contributed by atoms with van der Waals surface area (Å²) in [5.74, 6) is 6.93. The van der Waals surface area contributed by atoms with Crippen molar-refractivity contribution in [3.8, 4) is 11.8 Å². The van der Waals surface area contributed by atoms with E-state index >= 15 is 0 Å². The highest BCUT2D eigenvalue weighted by Gasteiger charge is 2.25. The molecule has 4 N–H and O–H groups in total. The van der Waals surface area contributed by atoms with Crippen molar-refractivity contribution in [1.82, 2.24) is 9.97 Å². The molecule has 1 aliphatic rings. The van der Waals surface area contributed by atoms with E-state index in [9.17, 15) is 5.11 Å². The van der Waals surface area contributed by atoms with Crippen LogP contribution in [0, 0.1) is 17.8 Å². The van der Waals surface area contributed by atoms with Gasteiger partial charge in [0.2, 0.25) is 5.95 Å². The van der Waals surface area contributed by atoms with E-state index in [-0.39, 0.29) is 23.8 Å². The minimum absolute atomic E-state index is 0.0903. The number of aliphatic hydroxyl groups is 1. The Kier molecular flexibility index (Phi) is 5.64. The number of nitrogens with zero attached hydrogens (tertiary/aromatic N) is 2. The Morgan fingerprint density at radius 3 is 2.72 bits per heavy atom. The smallest absolute Gasteiger partial charge is 0.223 e. The van der Waals surface area contributed by atoms with Crippen LogP contribution < -0.4 is 11.1 Å². The summed E-state index contributed by atoms with van der Waals surface area (Å²) in [7, 11) is 0. The minimum atomic E-state index is 0.0903. The first-order valence-corrected chi connectivity index (χ1v) is 8.79. The van der Waals surface area contributed by atoms with Crippen LogP contribution in [0.3, 0.4) is 0 Å². The number of aromatic nitrogens is 2. The van der Waals surface area contributed by atoms with Crippen molar-refractivity contribution >= 4 is 35.0 Å². The summed E-state index contributed by atoms with van der Waals surface area (Å²) in [6.45, 7) is 0.198. The van der Waals surface area contributed by atoms with Crippen LogP contribution in [0.25, 0.3) is 0 Å². The van der Waals surface area contributed by atoms with Gasteiger partial charge in [-0.15, -0.1) is 0 Å². The second kappa shape index (κ2) is 7.92. The van der Waals surface area contributed by atoms with E-state index in [0.29, 0.717) is 27.9 Å². The summed E-state index contributed by atoms with van der Waals surface area (Å²) < 4.78 is 0. The van der Waals surface area contributed by atoms with Crippen molar-refractivity contribution in [3.63, 3.8) is 0 Å². The fourth-order valence-corrected chi connectivity index (χ4v) is 3.33. The first-order valence-electron chi connectivity index (χ1n) is 8.03. The van der Waals surface area contributed by atoms with E-state index in [4.69, 9.17) is 28.9 Å². The monoisotopic (exact) mass is 376 g/mol. The van der Waals surface area contributed by atoms with Gasteiger partial charge < -0.3 is 16.2 Å². The quantitative estimate of drug-likeness (QED) is 0.565. The van der Waals surface area contributed by atoms with Crippen molar-refractivity contribution in [2.45, 2.75) is 25.3 Å². The number of nitrogens with one attached hydrogen (secondary N) is 1. The number of nitrogens with two attached hydrogens (primary N) is 1. The number of benzene rings is 1. The Bertz CT molecular complexity index is 832. The lowest BCUT2D eigenvalue weighted by Crippen LogP contribution is -2.19.